The minimum absolute atomic E-state index is 0.173. The highest BCUT2D eigenvalue weighted by Gasteiger charge is 2.01. The number of anilines is 1. The van der Waals surface area contributed by atoms with Crippen LogP contribution < -0.4 is 10.1 Å². The van der Waals surface area contributed by atoms with Gasteiger partial charge in [-0.2, -0.15) is 0 Å². The number of aryl methyl sites for hydroxylation is 1. The summed E-state index contributed by atoms with van der Waals surface area (Å²) in [5.41, 5.74) is 2.93. The van der Waals surface area contributed by atoms with Crippen molar-refractivity contribution in [3.05, 3.63) is 53.6 Å². The molecule has 2 aromatic carbocycles. The van der Waals surface area contributed by atoms with Gasteiger partial charge in [0.15, 0.2) is 0 Å². The van der Waals surface area contributed by atoms with Crippen LogP contribution in [0.2, 0.25) is 0 Å². The maximum atomic E-state index is 9.68. The molecule has 0 aliphatic rings. The molecule has 0 unspecified atom stereocenters. The van der Waals surface area contributed by atoms with Crippen molar-refractivity contribution in [2.24, 2.45) is 0 Å². The van der Waals surface area contributed by atoms with Gasteiger partial charge in [-0.05, 0) is 50.1 Å². The van der Waals surface area contributed by atoms with E-state index in [9.17, 15) is 5.11 Å². The molecule has 0 aromatic heterocycles. The Morgan fingerprint density at radius 1 is 1.15 bits per heavy atom. The summed E-state index contributed by atoms with van der Waals surface area (Å²) in [7, 11) is 0. The summed E-state index contributed by atoms with van der Waals surface area (Å²) in [4.78, 5) is 0. The molecule has 20 heavy (non-hydrogen) atoms. The molecule has 2 rings (SSSR count). The highest BCUT2D eigenvalue weighted by Crippen LogP contribution is 2.22. The Morgan fingerprint density at radius 3 is 2.65 bits per heavy atom. The standard InChI is InChI=1S/C17H21NO2/c1-12(2)20-16-6-4-5-14(9-16)11-18-15-8-7-13(3)17(19)10-15/h4-10,12,18-19H,11H2,1-3H3. The van der Waals surface area contributed by atoms with E-state index in [1.807, 2.05) is 57.2 Å². The summed E-state index contributed by atoms with van der Waals surface area (Å²) >= 11 is 0. The fourth-order valence-electron chi connectivity index (χ4n) is 1.92. The Balaban J connectivity index is 2.01. The summed E-state index contributed by atoms with van der Waals surface area (Å²) < 4.78 is 5.67. The van der Waals surface area contributed by atoms with Crippen LogP contribution in [0, 0.1) is 6.92 Å². The maximum absolute atomic E-state index is 9.68. The number of rotatable bonds is 5. The number of phenolic OH excluding ortho intramolecular Hbond substituents is 1. The van der Waals surface area contributed by atoms with Crippen LogP contribution in [-0.4, -0.2) is 11.2 Å². The molecule has 0 fully saturated rings. The van der Waals surface area contributed by atoms with Crippen LogP contribution in [0.15, 0.2) is 42.5 Å². The fourth-order valence-corrected chi connectivity index (χ4v) is 1.92. The van der Waals surface area contributed by atoms with E-state index in [4.69, 9.17) is 4.74 Å². The normalized spacial score (nSPS) is 10.6. The van der Waals surface area contributed by atoms with Crippen LogP contribution >= 0.6 is 0 Å². The minimum atomic E-state index is 0.173. The summed E-state index contributed by atoms with van der Waals surface area (Å²) in [6.07, 6.45) is 0.173. The number of hydrogen-bond acceptors (Lipinski definition) is 3. The molecular weight excluding hydrogens is 250 g/mol. The van der Waals surface area contributed by atoms with Gasteiger partial charge in [-0.3, -0.25) is 0 Å². The second-order valence-electron chi connectivity index (χ2n) is 5.17. The molecule has 0 heterocycles. The van der Waals surface area contributed by atoms with Gasteiger partial charge >= 0.3 is 0 Å². The number of nitrogens with one attached hydrogen (secondary N) is 1. The molecule has 0 aliphatic carbocycles. The van der Waals surface area contributed by atoms with Crippen molar-refractivity contribution in [3.8, 4) is 11.5 Å². The number of aromatic hydroxyl groups is 1. The lowest BCUT2D eigenvalue weighted by Gasteiger charge is -2.12. The zero-order chi connectivity index (χ0) is 14.5. The SMILES string of the molecule is Cc1ccc(NCc2cccc(OC(C)C)c2)cc1O. The van der Waals surface area contributed by atoms with Crippen molar-refractivity contribution in [1.29, 1.82) is 0 Å². The molecule has 0 radical (unpaired) electrons. The lowest BCUT2D eigenvalue weighted by atomic mass is 10.2. The first-order chi connectivity index (χ1) is 9.54. The van der Waals surface area contributed by atoms with Crippen LogP contribution in [0.25, 0.3) is 0 Å². The van der Waals surface area contributed by atoms with Crippen LogP contribution in [0.4, 0.5) is 5.69 Å². The van der Waals surface area contributed by atoms with Gasteiger partial charge in [0, 0.05) is 18.3 Å². The molecule has 3 heteroatoms. The summed E-state index contributed by atoms with van der Waals surface area (Å²) in [5.74, 6) is 1.19. The smallest absolute Gasteiger partial charge is 0.120 e. The van der Waals surface area contributed by atoms with Gasteiger partial charge in [0.05, 0.1) is 6.10 Å². The average Bonchev–Trinajstić information content (AvgIpc) is 2.40. The van der Waals surface area contributed by atoms with Gasteiger partial charge in [0.25, 0.3) is 0 Å². The van der Waals surface area contributed by atoms with E-state index in [1.54, 1.807) is 6.07 Å². The lowest BCUT2D eigenvalue weighted by molar-refractivity contribution is 0.242. The van der Waals surface area contributed by atoms with Gasteiger partial charge in [-0.25, -0.2) is 0 Å². The van der Waals surface area contributed by atoms with E-state index >= 15 is 0 Å². The second kappa shape index (κ2) is 6.33. The molecule has 0 saturated carbocycles. The third kappa shape index (κ3) is 3.92. The van der Waals surface area contributed by atoms with E-state index in [2.05, 4.69) is 5.32 Å². The summed E-state index contributed by atoms with van der Waals surface area (Å²) in [5, 5.41) is 13.0. The van der Waals surface area contributed by atoms with E-state index < -0.39 is 0 Å². The van der Waals surface area contributed by atoms with E-state index in [-0.39, 0.29) is 6.10 Å². The van der Waals surface area contributed by atoms with Crippen molar-refractivity contribution in [2.75, 3.05) is 5.32 Å². The molecule has 3 nitrogen and oxygen atoms in total. The first-order valence-electron chi connectivity index (χ1n) is 6.83. The molecule has 0 spiro atoms. The molecule has 0 amide bonds. The van der Waals surface area contributed by atoms with Gasteiger partial charge in [-0.15, -0.1) is 0 Å². The first-order valence-corrected chi connectivity index (χ1v) is 6.83. The topological polar surface area (TPSA) is 41.5 Å². The predicted molar refractivity (Wildman–Crippen MR) is 82.4 cm³/mol. The summed E-state index contributed by atoms with van der Waals surface area (Å²) in [6.45, 7) is 6.60. The number of ether oxygens (including phenoxy) is 1. The van der Waals surface area contributed by atoms with E-state index in [0.717, 1.165) is 22.6 Å². The first kappa shape index (κ1) is 14.3. The van der Waals surface area contributed by atoms with Crippen molar-refractivity contribution in [3.63, 3.8) is 0 Å². The molecule has 0 atom stereocenters. The second-order valence-corrected chi connectivity index (χ2v) is 5.17. The van der Waals surface area contributed by atoms with Crippen LogP contribution in [0.3, 0.4) is 0 Å². The molecule has 0 saturated heterocycles. The molecule has 106 valence electrons. The minimum Gasteiger partial charge on any atom is -0.508 e. The molecule has 0 aliphatic heterocycles. The van der Waals surface area contributed by atoms with Crippen LogP contribution in [0.5, 0.6) is 11.5 Å². The third-order valence-corrected chi connectivity index (χ3v) is 2.98. The van der Waals surface area contributed by atoms with Crippen LogP contribution in [-0.2, 0) is 6.54 Å². The third-order valence-electron chi connectivity index (χ3n) is 2.98. The fraction of sp³-hybridized carbons (Fsp3) is 0.294. The van der Waals surface area contributed by atoms with Crippen molar-refractivity contribution in [1.82, 2.24) is 0 Å². The average molecular weight is 271 g/mol. The highest BCUT2D eigenvalue weighted by atomic mass is 16.5. The Kier molecular flexibility index (Phi) is 4.51. The molecule has 2 aromatic rings. The Hall–Kier alpha value is -2.16. The molecular formula is C17H21NO2. The van der Waals surface area contributed by atoms with E-state index in [0.29, 0.717) is 12.3 Å². The van der Waals surface area contributed by atoms with Gasteiger partial charge in [-0.1, -0.05) is 18.2 Å². The Labute approximate surface area is 120 Å². The number of benzene rings is 2. The van der Waals surface area contributed by atoms with Crippen molar-refractivity contribution < 1.29 is 9.84 Å². The quantitative estimate of drug-likeness (QED) is 0.860. The van der Waals surface area contributed by atoms with Crippen LogP contribution in [0.1, 0.15) is 25.0 Å². The van der Waals surface area contributed by atoms with Gasteiger partial charge in [0.1, 0.15) is 11.5 Å². The maximum Gasteiger partial charge on any atom is 0.120 e. The van der Waals surface area contributed by atoms with Crippen molar-refractivity contribution in [2.45, 2.75) is 33.4 Å². The lowest BCUT2D eigenvalue weighted by Crippen LogP contribution is -2.06. The van der Waals surface area contributed by atoms with Gasteiger partial charge < -0.3 is 15.2 Å². The largest absolute Gasteiger partial charge is 0.508 e. The van der Waals surface area contributed by atoms with Crippen molar-refractivity contribution >= 4 is 5.69 Å². The van der Waals surface area contributed by atoms with Gasteiger partial charge in [0.2, 0.25) is 0 Å². The number of hydrogen-bond donors (Lipinski definition) is 2. The zero-order valence-electron chi connectivity index (χ0n) is 12.2. The predicted octanol–water partition coefficient (Wildman–Crippen LogP) is 4.10. The number of phenols is 1. The Morgan fingerprint density at radius 2 is 1.95 bits per heavy atom. The Bertz CT molecular complexity index is 579. The highest BCUT2D eigenvalue weighted by molar-refractivity contribution is 5.51. The van der Waals surface area contributed by atoms with E-state index in [1.165, 1.54) is 0 Å². The summed E-state index contributed by atoms with van der Waals surface area (Å²) in [6, 6.07) is 13.6. The molecule has 0 bridgehead atoms. The molecule has 2 N–H and O–H groups in total. The zero-order valence-corrected chi connectivity index (χ0v) is 12.2. The monoisotopic (exact) mass is 271 g/mol.